The van der Waals surface area contributed by atoms with Crippen LogP contribution in [0.1, 0.15) is 41.5 Å². The van der Waals surface area contributed by atoms with Crippen LogP contribution >= 0.6 is 0 Å². The molecule has 0 atom stereocenters. The Morgan fingerprint density at radius 1 is 1.39 bits per heavy atom. The van der Waals surface area contributed by atoms with E-state index in [1.807, 2.05) is 26.8 Å². The zero-order valence-corrected chi connectivity index (χ0v) is 10.5. The normalized spacial score (nSPS) is 10.9. The molecule has 2 heterocycles. The number of pyridine rings is 1. The van der Waals surface area contributed by atoms with Crippen molar-refractivity contribution in [1.82, 2.24) is 20.0 Å². The summed E-state index contributed by atoms with van der Waals surface area (Å²) in [4.78, 5) is 15.2. The van der Waals surface area contributed by atoms with E-state index in [1.54, 1.807) is 12.4 Å². The summed E-state index contributed by atoms with van der Waals surface area (Å²) >= 11 is 0. The van der Waals surface area contributed by atoms with Gasteiger partial charge in [-0.15, -0.1) is 5.10 Å². The summed E-state index contributed by atoms with van der Waals surface area (Å²) in [6.45, 7) is 5.73. The van der Waals surface area contributed by atoms with Gasteiger partial charge in [0.2, 0.25) is 0 Å². The molecule has 0 aliphatic carbocycles. The topological polar surface area (TPSA) is 80.9 Å². The van der Waals surface area contributed by atoms with Crippen molar-refractivity contribution in [2.24, 2.45) is 0 Å². The molecule has 0 fully saturated rings. The number of carboxylic acid groups (broad SMARTS) is 1. The quantitative estimate of drug-likeness (QED) is 0.892. The zero-order valence-electron chi connectivity index (χ0n) is 10.5. The fraction of sp³-hybridized carbons (Fsp3) is 0.333. The maximum atomic E-state index is 11.1. The third-order valence-corrected chi connectivity index (χ3v) is 2.56. The molecule has 2 rings (SSSR count). The van der Waals surface area contributed by atoms with Crippen LogP contribution in [0.4, 0.5) is 0 Å². The van der Waals surface area contributed by atoms with Crippen LogP contribution in [0.15, 0.2) is 18.5 Å². The van der Waals surface area contributed by atoms with Gasteiger partial charge in [-0.3, -0.25) is 4.98 Å². The van der Waals surface area contributed by atoms with Crippen LogP contribution in [0.25, 0.3) is 5.69 Å². The number of nitrogens with zero attached hydrogens (tertiary/aromatic N) is 4. The third kappa shape index (κ3) is 2.09. The second-order valence-electron chi connectivity index (χ2n) is 4.42. The maximum Gasteiger partial charge on any atom is 0.358 e. The van der Waals surface area contributed by atoms with E-state index in [0.29, 0.717) is 5.69 Å². The highest BCUT2D eigenvalue weighted by Gasteiger charge is 2.22. The van der Waals surface area contributed by atoms with E-state index in [0.717, 1.165) is 11.3 Å². The molecule has 0 saturated heterocycles. The highest BCUT2D eigenvalue weighted by molar-refractivity contribution is 5.86. The van der Waals surface area contributed by atoms with Crippen molar-refractivity contribution >= 4 is 5.97 Å². The molecule has 94 valence electrons. The summed E-state index contributed by atoms with van der Waals surface area (Å²) in [5, 5.41) is 16.7. The van der Waals surface area contributed by atoms with Gasteiger partial charge >= 0.3 is 5.97 Å². The van der Waals surface area contributed by atoms with Gasteiger partial charge in [0, 0.05) is 6.20 Å². The summed E-state index contributed by atoms with van der Waals surface area (Å²) in [7, 11) is 0. The Balaban J connectivity index is 2.61. The van der Waals surface area contributed by atoms with Gasteiger partial charge < -0.3 is 5.11 Å². The Kier molecular flexibility index (Phi) is 3.10. The van der Waals surface area contributed by atoms with Crippen LogP contribution in [-0.2, 0) is 0 Å². The lowest BCUT2D eigenvalue weighted by molar-refractivity contribution is 0.0688. The highest BCUT2D eigenvalue weighted by atomic mass is 16.4. The van der Waals surface area contributed by atoms with Gasteiger partial charge in [0.25, 0.3) is 0 Å². The van der Waals surface area contributed by atoms with Crippen molar-refractivity contribution in [3.8, 4) is 5.69 Å². The second-order valence-corrected chi connectivity index (χ2v) is 4.42. The predicted octanol–water partition coefficient (Wildman–Crippen LogP) is 1.79. The van der Waals surface area contributed by atoms with Crippen molar-refractivity contribution in [2.75, 3.05) is 0 Å². The summed E-state index contributed by atoms with van der Waals surface area (Å²) in [5.41, 5.74) is 2.27. The Bertz CT molecular complexity index is 590. The first-order valence-corrected chi connectivity index (χ1v) is 5.61. The largest absolute Gasteiger partial charge is 0.476 e. The molecule has 2 aromatic rings. The first-order chi connectivity index (χ1) is 8.50. The minimum absolute atomic E-state index is 0.00612. The Morgan fingerprint density at radius 3 is 2.67 bits per heavy atom. The Morgan fingerprint density at radius 2 is 2.11 bits per heavy atom. The van der Waals surface area contributed by atoms with Crippen molar-refractivity contribution < 1.29 is 9.90 Å². The average molecular weight is 246 g/mol. The second kappa shape index (κ2) is 4.56. The third-order valence-electron chi connectivity index (χ3n) is 2.56. The first-order valence-electron chi connectivity index (χ1n) is 5.61. The number of carbonyl (C=O) groups is 1. The van der Waals surface area contributed by atoms with Gasteiger partial charge in [-0.2, -0.15) is 0 Å². The number of aromatic carboxylic acids is 1. The van der Waals surface area contributed by atoms with Crippen LogP contribution in [0.3, 0.4) is 0 Å². The highest BCUT2D eigenvalue weighted by Crippen LogP contribution is 2.21. The van der Waals surface area contributed by atoms with Gasteiger partial charge in [-0.25, -0.2) is 9.48 Å². The van der Waals surface area contributed by atoms with Crippen molar-refractivity contribution in [2.45, 2.75) is 26.7 Å². The van der Waals surface area contributed by atoms with Crippen LogP contribution in [-0.4, -0.2) is 31.1 Å². The number of rotatable bonds is 3. The molecular formula is C12H14N4O2. The molecule has 0 unspecified atom stereocenters. The van der Waals surface area contributed by atoms with E-state index in [9.17, 15) is 4.79 Å². The van der Waals surface area contributed by atoms with Gasteiger partial charge in [0.15, 0.2) is 5.69 Å². The molecule has 0 bridgehead atoms. The lowest BCUT2D eigenvalue weighted by Crippen LogP contribution is -2.08. The summed E-state index contributed by atoms with van der Waals surface area (Å²) in [6, 6.07) is 1.89. The molecule has 0 amide bonds. The fourth-order valence-electron chi connectivity index (χ4n) is 1.81. The molecule has 0 aliphatic heterocycles. The van der Waals surface area contributed by atoms with Crippen LogP contribution < -0.4 is 0 Å². The van der Waals surface area contributed by atoms with E-state index in [4.69, 9.17) is 5.11 Å². The number of hydrogen-bond donors (Lipinski definition) is 1. The van der Waals surface area contributed by atoms with Crippen LogP contribution in [0, 0.1) is 6.92 Å². The number of aryl methyl sites for hydroxylation is 1. The van der Waals surface area contributed by atoms with E-state index in [2.05, 4.69) is 15.3 Å². The molecule has 6 heteroatoms. The van der Waals surface area contributed by atoms with E-state index in [1.165, 1.54) is 4.68 Å². The molecule has 0 spiro atoms. The van der Waals surface area contributed by atoms with Gasteiger partial charge in [0.1, 0.15) is 0 Å². The number of aromatic nitrogens is 4. The molecule has 2 aromatic heterocycles. The van der Waals surface area contributed by atoms with Crippen molar-refractivity contribution in [3.05, 3.63) is 35.4 Å². The monoisotopic (exact) mass is 246 g/mol. The fourth-order valence-corrected chi connectivity index (χ4v) is 1.81. The molecule has 0 saturated carbocycles. The Hall–Kier alpha value is -2.24. The van der Waals surface area contributed by atoms with E-state index in [-0.39, 0.29) is 11.6 Å². The Labute approximate surface area is 104 Å². The number of carboxylic acids is 1. The zero-order chi connectivity index (χ0) is 13.3. The number of hydrogen-bond acceptors (Lipinski definition) is 4. The molecule has 0 aromatic carbocycles. The van der Waals surface area contributed by atoms with Gasteiger partial charge in [-0.05, 0) is 24.5 Å². The molecule has 0 aliphatic rings. The minimum Gasteiger partial charge on any atom is -0.476 e. The average Bonchev–Trinajstić information content (AvgIpc) is 2.73. The summed E-state index contributed by atoms with van der Waals surface area (Å²) in [6.07, 6.45) is 3.37. The summed E-state index contributed by atoms with van der Waals surface area (Å²) < 4.78 is 1.54. The smallest absolute Gasteiger partial charge is 0.358 e. The SMILES string of the molecule is Cc1cncc(-n2nnc(C(=O)O)c2C(C)C)c1. The molecular weight excluding hydrogens is 232 g/mol. The standard InChI is InChI=1S/C12H14N4O2/c1-7(2)11-10(12(17)18)14-15-16(11)9-4-8(3)5-13-6-9/h4-7H,1-3H3,(H,17,18). The summed E-state index contributed by atoms with van der Waals surface area (Å²) in [5.74, 6) is -1.06. The van der Waals surface area contributed by atoms with E-state index >= 15 is 0 Å². The van der Waals surface area contributed by atoms with Gasteiger partial charge in [-0.1, -0.05) is 19.1 Å². The first kappa shape index (κ1) is 12.2. The van der Waals surface area contributed by atoms with Crippen LogP contribution in [0.2, 0.25) is 0 Å². The molecule has 18 heavy (non-hydrogen) atoms. The van der Waals surface area contributed by atoms with Crippen LogP contribution in [0.5, 0.6) is 0 Å². The van der Waals surface area contributed by atoms with Crippen molar-refractivity contribution in [3.63, 3.8) is 0 Å². The predicted molar refractivity (Wildman–Crippen MR) is 64.9 cm³/mol. The molecule has 0 radical (unpaired) electrons. The molecule has 6 nitrogen and oxygen atoms in total. The van der Waals surface area contributed by atoms with E-state index < -0.39 is 5.97 Å². The van der Waals surface area contributed by atoms with Crippen molar-refractivity contribution in [1.29, 1.82) is 0 Å². The minimum atomic E-state index is -1.06. The van der Waals surface area contributed by atoms with Gasteiger partial charge in [0.05, 0.1) is 17.6 Å². The maximum absolute atomic E-state index is 11.1. The lowest BCUT2D eigenvalue weighted by atomic mass is 10.1. The lowest BCUT2D eigenvalue weighted by Gasteiger charge is -2.09. The molecule has 1 N–H and O–H groups in total.